The minimum atomic E-state index is -3.98. The Bertz CT molecular complexity index is 1460. The van der Waals surface area contributed by atoms with Gasteiger partial charge in [-0.1, -0.05) is 19.1 Å². The molecule has 4 rings (SSSR count). The van der Waals surface area contributed by atoms with Gasteiger partial charge in [0.25, 0.3) is 5.91 Å². The zero-order valence-corrected chi connectivity index (χ0v) is 23.6. The summed E-state index contributed by atoms with van der Waals surface area (Å²) < 4.78 is 35.1. The SMILES string of the molecule is Cc1cc(C)n2c1C=C1C=CC(CCCn3cc(CCNC(=O)/C=C/NC(=O)C(O)C(C)(C)CO)nn3)=[N+]1[B-]2(F)F. The van der Waals surface area contributed by atoms with Crippen LogP contribution in [0.5, 0.6) is 0 Å². The molecule has 0 aromatic carbocycles. The molecule has 0 spiro atoms. The topological polar surface area (TPSA) is 137 Å². The van der Waals surface area contributed by atoms with Crippen LogP contribution < -0.4 is 10.6 Å². The van der Waals surface area contributed by atoms with Crippen LogP contribution in [0.25, 0.3) is 6.08 Å². The van der Waals surface area contributed by atoms with Crippen LogP contribution in [-0.2, 0) is 22.6 Å². The number of nitrogens with one attached hydrogen (secondary N) is 2. The second-order valence-corrected chi connectivity index (χ2v) is 11.1. The van der Waals surface area contributed by atoms with Crippen molar-refractivity contribution < 1.29 is 32.9 Å². The average Bonchev–Trinajstić information content (AvgIpc) is 3.62. The molecule has 41 heavy (non-hydrogen) atoms. The summed E-state index contributed by atoms with van der Waals surface area (Å²) in [5.74, 6) is -1.17. The van der Waals surface area contributed by atoms with Crippen molar-refractivity contribution in [3.63, 3.8) is 0 Å². The maximum absolute atomic E-state index is 15.5. The van der Waals surface area contributed by atoms with Gasteiger partial charge >= 0.3 is 6.97 Å². The van der Waals surface area contributed by atoms with Crippen LogP contribution in [-0.4, -0.2) is 77.9 Å². The quantitative estimate of drug-likeness (QED) is 0.225. The molecule has 11 nitrogen and oxygen atoms in total. The molecule has 0 radical (unpaired) electrons. The first-order chi connectivity index (χ1) is 19.3. The van der Waals surface area contributed by atoms with Gasteiger partial charge in [0.05, 0.1) is 12.3 Å². The number of aliphatic hydroxyl groups excluding tert-OH is 2. The first kappa shape index (κ1) is 30.1. The van der Waals surface area contributed by atoms with Crippen molar-refractivity contribution in [2.45, 2.75) is 59.6 Å². The van der Waals surface area contributed by atoms with Crippen LogP contribution in [0.2, 0.25) is 0 Å². The second kappa shape index (κ2) is 11.9. The minimum Gasteiger partial charge on any atom is -0.396 e. The van der Waals surface area contributed by atoms with Gasteiger partial charge in [-0.3, -0.25) is 14.3 Å². The highest BCUT2D eigenvalue weighted by Gasteiger charge is 2.52. The van der Waals surface area contributed by atoms with Gasteiger partial charge in [0, 0.05) is 73.7 Å². The summed E-state index contributed by atoms with van der Waals surface area (Å²) in [5, 5.41) is 32.3. The Hall–Kier alpha value is -3.91. The summed E-state index contributed by atoms with van der Waals surface area (Å²) in [4.78, 5) is 23.9. The van der Waals surface area contributed by atoms with Crippen LogP contribution in [0, 0.1) is 19.3 Å². The van der Waals surface area contributed by atoms with E-state index in [1.54, 1.807) is 49.9 Å². The van der Waals surface area contributed by atoms with E-state index in [1.807, 2.05) is 13.0 Å². The molecule has 1 atom stereocenters. The number of allylic oxidation sites excluding steroid dienone is 2. The number of carbonyl (C=O) groups excluding carboxylic acids is 2. The molecule has 0 aliphatic carbocycles. The average molecular weight is 571 g/mol. The summed E-state index contributed by atoms with van der Waals surface area (Å²) >= 11 is 0. The minimum absolute atomic E-state index is 0.278. The van der Waals surface area contributed by atoms with E-state index in [-0.39, 0.29) is 13.2 Å². The number of fused-ring (bicyclic) bond motifs is 2. The van der Waals surface area contributed by atoms with Crippen molar-refractivity contribution >= 4 is 30.6 Å². The first-order valence-corrected chi connectivity index (χ1v) is 13.5. The molecule has 0 fully saturated rings. The van der Waals surface area contributed by atoms with Gasteiger partial charge in [-0.2, -0.15) is 0 Å². The van der Waals surface area contributed by atoms with E-state index >= 15 is 8.63 Å². The number of halogens is 2. The number of nitrogens with zero attached hydrogens (tertiary/aromatic N) is 5. The summed E-state index contributed by atoms with van der Waals surface area (Å²) in [6.45, 7) is 3.05. The van der Waals surface area contributed by atoms with Crippen LogP contribution in [0.15, 0.2) is 42.4 Å². The van der Waals surface area contributed by atoms with Gasteiger partial charge in [-0.25, -0.2) is 0 Å². The number of carbonyl (C=O) groups is 2. The fourth-order valence-electron chi connectivity index (χ4n) is 4.97. The second-order valence-electron chi connectivity index (χ2n) is 11.1. The normalized spacial score (nSPS) is 16.5. The molecule has 4 N–H and O–H groups in total. The van der Waals surface area contributed by atoms with Gasteiger partial charge in [-0.15, -0.1) is 5.10 Å². The lowest BCUT2D eigenvalue weighted by atomic mass is 9.87. The predicted molar refractivity (Wildman–Crippen MR) is 150 cm³/mol. The largest absolute Gasteiger partial charge is 0.737 e. The third-order valence-electron chi connectivity index (χ3n) is 7.35. The first-order valence-electron chi connectivity index (χ1n) is 13.5. The number of rotatable bonds is 12. The summed E-state index contributed by atoms with van der Waals surface area (Å²) in [7, 11) is 0. The Morgan fingerprint density at radius 1 is 1.24 bits per heavy atom. The van der Waals surface area contributed by atoms with Crippen LogP contribution in [0.3, 0.4) is 0 Å². The van der Waals surface area contributed by atoms with Crippen molar-refractivity contribution in [3.8, 4) is 0 Å². The summed E-state index contributed by atoms with van der Waals surface area (Å²) in [6, 6.07) is 1.78. The van der Waals surface area contributed by atoms with Gasteiger partial charge < -0.3 is 38.4 Å². The molecule has 2 aromatic heterocycles. The monoisotopic (exact) mass is 571 g/mol. The molecule has 2 aliphatic rings. The number of aliphatic hydroxyl groups is 2. The smallest absolute Gasteiger partial charge is 0.396 e. The van der Waals surface area contributed by atoms with Crippen LogP contribution >= 0.6 is 0 Å². The fourth-order valence-corrected chi connectivity index (χ4v) is 4.97. The Morgan fingerprint density at radius 3 is 2.73 bits per heavy atom. The molecule has 0 bridgehead atoms. The highest BCUT2D eigenvalue weighted by molar-refractivity contribution is 6.58. The number of hydrogen-bond acceptors (Lipinski definition) is 6. The van der Waals surface area contributed by atoms with Crippen molar-refractivity contribution in [1.82, 2.24) is 30.1 Å². The van der Waals surface area contributed by atoms with Gasteiger partial charge in [0.15, 0.2) is 5.70 Å². The predicted octanol–water partition coefficient (Wildman–Crippen LogP) is 1.45. The zero-order valence-electron chi connectivity index (χ0n) is 23.6. The van der Waals surface area contributed by atoms with Gasteiger partial charge in [0.1, 0.15) is 11.8 Å². The molecular weight excluding hydrogens is 535 g/mol. The van der Waals surface area contributed by atoms with Gasteiger partial charge in [0.2, 0.25) is 5.91 Å². The number of amides is 2. The Labute approximate surface area is 237 Å². The van der Waals surface area contributed by atoms with Crippen LogP contribution in [0.1, 0.15) is 49.3 Å². The van der Waals surface area contributed by atoms with E-state index in [4.69, 9.17) is 0 Å². The highest BCUT2D eigenvalue weighted by atomic mass is 19.2. The number of aryl methyl sites for hydroxylation is 3. The van der Waals surface area contributed by atoms with E-state index in [1.165, 1.54) is 0 Å². The van der Waals surface area contributed by atoms with Crippen molar-refractivity contribution in [3.05, 3.63) is 65.0 Å². The van der Waals surface area contributed by atoms with Crippen molar-refractivity contribution in [1.29, 1.82) is 0 Å². The molecule has 0 saturated heterocycles. The molecule has 220 valence electrons. The Morgan fingerprint density at radius 2 is 2.00 bits per heavy atom. The highest BCUT2D eigenvalue weighted by Crippen LogP contribution is 2.34. The third kappa shape index (κ3) is 6.38. The van der Waals surface area contributed by atoms with Crippen LogP contribution in [0.4, 0.5) is 8.63 Å². The number of aromatic nitrogens is 4. The molecule has 4 heterocycles. The fraction of sp³-hybridized carbons (Fsp3) is 0.444. The Kier molecular flexibility index (Phi) is 8.73. The van der Waals surface area contributed by atoms with Gasteiger partial charge in [-0.05, 0) is 37.6 Å². The molecule has 2 aliphatic heterocycles. The van der Waals surface area contributed by atoms with E-state index in [2.05, 4.69) is 20.9 Å². The number of hydrogen-bond donors (Lipinski definition) is 4. The summed E-state index contributed by atoms with van der Waals surface area (Å²) in [5.41, 5.74) is 2.64. The molecule has 0 saturated carbocycles. The lowest BCUT2D eigenvalue weighted by Gasteiger charge is -2.30. The van der Waals surface area contributed by atoms with E-state index in [0.717, 1.165) is 26.8 Å². The standard InChI is InChI=1S/C27H36BF2N7O4/c1-18-14-19(2)36-23(18)15-22-8-7-21(37(22)28(36,29)30)6-5-13-35-16-20(33-34-35)9-11-31-24(39)10-12-32-26(41)25(40)27(3,4)17-38/h7-8,10,12,14-16,25,38,40H,5-6,9,11,13,17H2,1-4H3,(H,31,39)(H,32,41)/b12-10+. The zero-order chi connectivity index (χ0) is 29.9. The molecule has 1 unspecified atom stereocenters. The molecule has 14 heteroatoms. The van der Waals surface area contributed by atoms with Crippen molar-refractivity contribution in [2.24, 2.45) is 5.41 Å². The maximum atomic E-state index is 15.5. The van der Waals surface area contributed by atoms with E-state index in [0.29, 0.717) is 54.3 Å². The van der Waals surface area contributed by atoms with E-state index < -0.39 is 30.3 Å². The maximum Gasteiger partial charge on any atom is 0.737 e. The van der Waals surface area contributed by atoms with Crippen molar-refractivity contribution in [2.75, 3.05) is 13.2 Å². The molecule has 2 aromatic rings. The Balaban J connectivity index is 1.23. The van der Waals surface area contributed by atoms with E-state index in [9.17, 15) is 19.8 Å². The molecular formula is C27H36BF2N7O4. The summed E-state index contributed by atoms with van der Waals surface area (Å²) in [6.07, 6.45) is 9.33. The lowest BCUT2D eigenvalue weighted by Crippen LogP contribution is -2.50. The molecule has 2 amide bonds. The lowest BCUT2D eigenvalue weighted by molar-refractivity contribution is -0.362. The third-order valence-corrected chi connectivity index (χ3v) is 7.35.